The van der Waals surface area contributed by atoms with Crippen LogP contribution in [-0.4, -0.2) is 50.5 Å². The zero-order chi connectivity index (χ0) is 27.8. The maximum absolute atomic E-state index is 13.7. The lowest BCUT2D eigenvalue weighted by atomic mass is 10.1. The van der Waals surface area contributed by atoms with E-state index in [2.05, 4.69) is 5.32 Å². The summed E-state index contributed by atoms with van der Waals surface area (Å²) in [5.74, 6) is -3.01. The van der Waals surface area contributed by atoms with Gasteiger partial charge in [-0.15, -0.1) is 0 Å². The summed E-state index contributed by atoms with van der Waals surface area (Å²) in [6.45, 7) is 3.96. The predicted molar refractivity (Wildman–Crippen MR) is 142 cm³/mol. The molecule has 0 saturated heterocycles. The first-order chi connectivity index (χ1) is 17.3. The number of carbonyl (C=O) groups is 2. The molecule has 0 aromatic heterocycles. The number of hydrogen-bond donors (Lipinski definition) is 1. The normalized spacial score (nSPS) is 12.2. The van der Waals surface area contributed by atoms with Gasteiger partial charge in [-0.2, -0.15) is 0 Å². The Hall–Kier alpha value is -2.43. The lowest BCUT2D eigenvalue weighted by Gasteiger charge is -2.30. The molecule has 2 aromatic rings. The van der Waals surface area contributed by atoms with E-state index >= 15 is 0 Å². The molecule has 2 amide bonds. The standard InChI is InChI=1S/C25H31Cl2F2N3O4S/c1-4-5-12-30-25(34)17(2)31(16-18-8-9-19(26)14-21(18)27)24(33)7-6-13-32(37(3,35)36)20-10-11-22(28)23(29)15-20/h8-11,14-15,17H,4-7,12-13,16H2,1-3H3,(H,30,34)/t17-/m1/s1. The molecule has 2 aromatic carbocycles. The topological polar surface area (TPSA) is 86.8 Å². The summed E-state index contributed by atoms with van der Waals surface area (Å²) in [6.07, 6.45) is 2.59. The van der Waals surface area contributed by atoms with Gasteiger partial charge in [0, 0.05) is 42.2 Å². The van der Waals surface area contributed by atoms with Crippen molar-refractivity contribution in [3.63, 3.8) is 0 Å². The highest BCUT2D eigenvalue weighted by molar-refractivity contribution is 7.92. The Morgan fingerprint density at radius 3 is 2.35 bits per heavy atom. The summed E-state index contributed by atoms with van der Waals surface area (Å²) in [6, 6.07) is 6.79. The number of nitrogens with one attached hydrogen (secondary N) is 1. The fraction of sp³-hybridized carbons (Fsp3) is 0.440. The van der Waals surface area contributed by atoms with Crippen LogP contribution in [0, 0.1) is 11.6 Å². The summed E-state index contributed by atoms with van der Waals surface area (Å²) < 4.78 is 52.6. The molecule has 0 aliphatic heterocycles. The number of halogens is 4. The SMILES string of the molecule is CCCCNC(=O)[C@@H](C)N(Cc1ccc(Cl)cc1Cl)C(=O)CCCN(c1ccc(F)c(F)c1)S(C)(=O)=O. The van der Waals surface area contributed by atoms with Gasteiger partial charge in [0.25, 0.3) is 0 Å². The van der Waals surface area contributed by atoms with Gasteiger partial charge in [-0.05, 0) is 49.6 Å². The molecule has 0 fully saturated rings. The van der Waals surface area contributed by atoms with Crippen molar-refractivity contribution >= 4 is 50.7 Å². The van der Waals surface area contributed by atoms with Crippen molar-refractivity contribution in [1.82, 2.24) is 10.2 Å². The van der Waals surface area contributed by atoms with Gasteiger partial charge < -0.3 is 10.2 Å². The monoisotopic (exact) mass is 577 g/mol. The van der Waals surface area contributed by atoms with Crippen LogP contribution in [0.1, 0.15) is 45.1 Å². The fourth-order valence-corrected chi connectivity index (χ4v) is 5.02. The number of nitrogens with zero attached hydrogens (tertiary/aromatic N) is 2. The maximum atomic E-state index is 13.7. The van der Waals surface area contributed by atoms with Crippen LogP contribution in [0.15, 0.2) is 36.4 Å². The van der Waals surface area contributed by atoms with E-state index in [1.54, 1.807) is 25.1 Å². The van der Waals surface area contributed by atoms with Crippen LogP contribution < -0.4 is 9.62 Å². The third kappa shape index (κ3) is 9.12. The van der Waals surface area contributed by atoms with E-state index in [-0.39, 0.29) is 37.5 Å². The highest BCUT2D eigenvalue weighted by Crippen LogP contribution is 2.24. The predicted octanol–water partition coefficient (Wildman–Crippen LogP) is 5.15. The van der Waals surface area contributed by atoms with Crippen molar-refractivity contribution in [2.75, 3.05) is 23.7 Å². The van der Waals surface area contributed by atoms with Crippen molar-refractivity contribution in [1.29, 1.82) is 0 Å². The minimum absolute atomic E-state index is 0.0379. The lowest BCUT2D eigenvalue weighted by Crippen LogP contribution is -2.48. The maximum Gasteiger partial charge on any atom is 0.242 e. The molecular formula is C25H31Cl2F2N3O4S. The number of anilines is 1. The summed E-state index contributed by atoms with van der Waals surface area (Å²) in [5, 5.41) is 3.58. The van der Waals surface area contributed by atoms with Gasteiger partial charge in [-0.25, -0.2) is 17.2 Å². The van der Waals surface area contributed by atoms with E-state index in [9.17, 15) is 26.8 Å². The highest BCUT2D eigenvalue weighted by Gasteiger charge is 2.27. The molecule has 37 heavy (non-hydrogen) atoms. The second kappa shape index (κ2) is 13.9. The van der Waals surface area contributed by atoms with E-state index in [0.29, 0.717) is 22.2 Å². The second-order valence-corrected chi connectivity index (χ2v) is 11.4. The fourth-order valence-electron chi connectivity index (χ4n) is 3.60. The van der Waals surface area contributed by atoms with Gasteiger partial charge in [-0.1, -0.05) is 42.6 Å². The van der Waals surface area contributed by atoms with Crippen molar-refractivity contribution in [3.8, 4) is 0 Å². The first-order valence-corrected chi connectivity index (χ1v) is 14.4. The van der Waals surface area contributed by atoms with Crippen LogP contribution in [0.4, 0.5) is 14.5 Å². The largest absolute Gasteiger partial charge is 0.354 e. The third-order valence-corrected chi connectivity index (χ3v) is 7.48. The number of carbonyl (C=O) groups excluding carboxylic acids is 2. The molecule has 0 spiro atoms. The third-order valence-electron chi connectivity index (χ3n) is 5.70. The number of sulfonamides is 1. The first kappa shape index (κ1) is 30.8. The Morgan fingerprint density at radius 1 is 1.05 bits per heavy atom. The van der Waals surface area contributed by atoms with Crippen molar-refractivity contribution < 1.29 is 26.8 Å². The Labute approximate surface area is 226 Å². The molecule has 204 valence electrons. The molecule has 1 N–H and O–H groups in total. The van der Waals surface area contributed by atoms with Gasteiger partial charge in [-0.3, -0.25) is 13.9 Å². The lowest BCUT2D eigenvalue weighted by molar-refractivity contribution is -0.140. The first-order valence-electron chi connectivity index (χ1n) is 11.8. The molecule has 2 rings (SSSR count). The van der Waals surface area contributed by atoms with Gasteiger partial charge in [0.2, 0.25) is 21.8 Å². The van der Waals surface area contributed by atoms with E-state index in [4.69, 9.17) is 23.2 Å². The van der Waals surface area contributed by atoms with Crippen LogP contribution in [-0.2, 0) is 26.2 Å². The Kier molecular flexibility index (Phi) is 11.6. The number of hydrogen-bond acceptors (Lipinski definition) is 4. The van der Waals surface area contributed by atoms with Crippen LogP contribution in [0.5, 0.6) is 0 Å². The zero-order valence-electron chi connectivity index (χ0n) is 20.9. The van der Waals surface area contributed by atoms with E-state index < -0.39 is 33.6 Å². The van der Waals surface area contributed by atoms with Crippen molar-refractivity contribution in [2.45, 2.75) is 52.1 Å². The number of unbranched alkanes of at least 4 members (excludes halogenated alkanes) is 1. The van der Waals surface area contributed by atoms with Gasteiger partial charge in [0.15, 0.2) is 11.6 Å². The average Bonchev–Trinajstić information content (AvgIpc) is 2.82. The smallest absolute Gasteiger partial charge is 0.242 e. The molecule has 0 aliphatic carbocycles. The summed E-state index contributed by atoms with van der Waals surface area (Å²) in [7, 11) is -3.84. The van der Waals surface area contributed by atoms with Gasteiger partial charge in [0.1, 0.15) is 6.04 Å². The van der Waals surface area contributed by atoms with E-state index in [1.807, 2.05) is 6.92 Å². The molecule has 1 atom stereocenters. The number of benzene rings is 2. The molecule has 0 bridgehead atoms. The van der Waals surface area contributed by atoms with E-state index in [1.165, 1.54) is 4.90 Å². The molecule has 7 nitrogen and oxygen atoms in total. The Bertz CT molecular complexity index is 1210. The van der Waals surface area contributed by atoms with E-state index in [0.717, 1.165) is 41.6 Å². The number of rotatable bonds is 13. The second-order valence-electron chi connectivity index (χ2n) is 8.62. The average molecular weight is 579 g/mol. The van der Waals surface area contributed by atoms with Crippen LogP contribution >= 0.6 is 23.2 Å². The quantitative estimate of drug-likeness (QED) is 0.333. The van der Waals surface area contributed by atoms with Gasteiger partial charge >= 0.3 is 0 Å². The molecular weight excluding hydrogens is 547 g/mol. The molecule has 0 unspecified atom stereocenters. The van der Waals surface area contributed by atoms with Crippen molar-refractivity contribution in [3.05, 3.63) is 63.6 Å². The summed E-state index contributed by atoms with van der Waals surface area (Å²) >= 11 is 12.3. The van der Waals surface area contributed by atoms with Crippen LogP contribution in [0.2, 0.25) is 10.0 Å². The minimum atomic E-state index is -3.84. The Morgan fingerprint density at radius 2 is 1.76 bits per heavy atom. The minimum Gasteiger partial charge on any atom is -0.354 e. The molecule has 0 saturated carbocycles. The summed E-state index contributed by atoms with van der Waals surface area (Å²) in [4.78, 5) is 27.4. The Balaban J connectivity index is 2.20. The van der Waals surface area contributed by atoms with Gasteiger partial charge in [0.05, 0.1) is 11.9 Å². The van der Waals surface area contributed by atoms with Crippen molar-refractivity contribution in [2.24, 2.45) is 0 Å². The molecule has 0 heterocycles. The molecule has 12 heteroatoms. The van der Waals surface area contributed by atoms with Crippen LogP contribution in [0.25, 0.3) is 0 Å². The molecule has 0 aliphatic rings. The van der Waals surface area contributed by atoms with Crippen LogP contribution in [0.3, 0.4) is 0 Å². The zero-order valence-corrected chi connectivity index (χ0v) is 23.3. The highest BCUT2D eigenvalue weighted by atomic mass is 35.5. The number of amides is 2. The molecule has 0 radical (unpaired) electrons. The summed E-state index contributed by atoms with van der Waals surface area (Å²) in [5.41, 5.74) is 0.537.